The average Bonchev–Trinajstić information content (AvgIpc) is 2.35. The van der Waals surface area contributed by atoms with E-state index in [1.807, 2.05) is 0 Å². The Balaban J connectivity index is 4.66. The second-order valence-corrected chi connectivity index (χ2v) is 4.24. The first-order valence-corrected chi connectivity index (χ1v) is 6.00. The molecule has 2 atom stereocenters. The van der Waals surface area contributed by atoms with E-state index in [1.54, 1.807) is 6.92 Å². The predicted molar refractivity (Wildman–Crippen MR) is 66.8 cm³/mol. The second-order valence-electron chi connectivity index (χ2n) is 4.24. The Morgan fingerprint density at radius 2 is 1.79 bits per heavy atom. The molecule has 0 rings (SSSR count). The zero-order chi connectivity index (χ0) is 15.0. The van der Waals surface area contributed by atoms with Gasteiger partial charge in [0.25, 0.3) is 0 Å². The zero-order valence-corrected chi connectivity index (χ0v) is 11.4. The van der Waals surface area contributed by atoms with Gasteiger partial charge in [-0.2, -0.15) is 0 Å². The summed E-state index contributed by atoms with van der Waals surface area (Å²) in [5.74, 6) is -2.62. The first-order valence-electron chi connectivity index (χ1n) is 6.00. The lowest BCUT2D eigenvalue weighted by Crippen LogP contribution is -2.44. The average molecular weight is 272 g/mol. The van der Waals surface area contributed by atoms with E-state index in [0.717, 1.165) is 0 Å². The van der Waals surface area contributed by atoms with Crippen LogP contribution in [0.5, 0.6) is 0 Å². The largest absolute Gasteiger partial charge is 0.469 e. The molecule has 3 N–H and O–H groups in total. The van der Waals surface area contributed by atoms with Crippen LogP contribution in [0.15, 0.2) is 0 Å². The van der Waals surface area contributed by atoms with Crippen molar-refractivity contribution in [1.82, 2.24) is 5.32 Å². The number of Topliss-reactive ketones (excluding diaryl/α,β-unsaturated/α-hetero) is 1. The maximum Gasteiger partial charge on any atom is 0.308 e. The molecule has 0 aliphatic carbocycles. The summed E-state index contributed by atoms with van der Waals surface area (Å²) < 4.78 is 4.51. The van der Waals surface area contributed by atoms with Gasteiger partial charge in [-0.3, -0.25) is 19.2 Å². The normalized spacial score (nSPS) is 13.2. The summed E-state index contributed by atoms with van der Waals surface area (Å²) in [6, 6.07) is -0.989. The van der Waals surface area contributed by atoms with E-state index >= 15 is 0 Å². The van der Waals surface area contributed by atoms with Crippen LogP contribution in [-0.4, -0.2) is 36.7 Å². The van der Waals surface area contributed by atoms with E-state index in [1.165, 1.54) is 14.0 Å². The number of primary amides is 1. The Labute approximate surface area is 111 Å². The lowest BCUT2D eigenvalue weighted by molar-refractivity contribution is -0.146. The lowest BCUT2D eigenvalue weighted by Gasteiger charge is -2.17. The molecule has 108 valence electrons. The predicted octanol–water partition coefficient (Wildman–Crippen LogP) is -0.475. The van der Waals surface area contributed by atoms with E-state index in [4.69, 9.17) is 5.73 Å². The Kier molecular flexibility index (Phi) is 7.40. The van der Waals surface area contributed by atoms with Crippen molar-refractivity contribution in [2.45, 2.75) is 39.2 Å². The van der Waals surface area contributed by atoms with Gasteiger partial charge in [-0.25, -0.2) is 0 Å². The number of carbonyl (C=O) groups is 4. The first kappa shape index (κ1) is 17.1. The molecule has 0 radical (unpaired) electrons. The number of hydrogen-bond donors (Lipinski definition) is 2. The third kappa shape index (κ3) is 6.54. The van der Waals surface area contributed by atoms with Crippen molar-refractivity contribution in [1.29, 1.82) is 0 Å². The van der Waals surface area contributed by atoms with E-state index in [9.17, 15) is 19.2 Å². The number of nitrogens with two attached hydrogens (primary N) is 1. The van der Waals surface area contributed by atoms with Crippen LogP contribution in [0, 0.1) is 5.92 Å². The molecule has 0 unspecified atom stereocenters. The van der Waals surface area contributed by atoms with E-state index in [0.29, 0.717) is 0 Å². The summed E-state index contributed by atoms with van der Waals surface area (Å²) >= 11 is 0. The molecule has 0 saturated heterocycles. The molecule has 0 aromatic heterocycles. The van der Waals surface area contributed by atoms with E-state index < -0.39 is 29.6 Å². The molecule has 19 heavy (non-hydrogen) atoms. The van der Waals surface area contributed by atoms with Crippen molar-refractivity contribution in [3.63, 3.8) is 0 Å². The van der Waals surface area contributed by atoms with Crippen molar-refractivity contribution < 1.29 is 23.9 Å². The van der Waals surface area contributed by atoms with Gasteiger partial charge in [0.15, 0.2) is 5.78 Å². The van der Waals surface area contributed by atoms with Crippen molar-refractivity contribution in [3.05, 3.63) is 0 Å². The Bertz CT molecular complexity index is 367. The van der Waals surface area contributed by atoms with Crippen LogP contribution in [0.25, 0.3) is 0 Å². The number of hydrogen-bond acceptors (Lipinski definition) is 5. The number of ether oxygens (including phenoxy) is 1. The third-order valence-corrected chi connectivity index (χ3v) is 2.56. The summed E-state index contributed by atoms with van der Waals surface area (Å²) in [4.78, 5) is 45.3. The highest BCUT2D eigenvalue weighted by Crippen LogP contribution is 2.09. The molecule has 0 fully saturated rings. The summed E-state index contributed by atoms with van der Waals surface area (Å²) in [7, 11) is 1.23. The SMILES string of the molecule is CCC(=O)N[C@H](CC(N)=O)C(=O)C[C@@H](C)C(=O)OC. The Morgan fingerprint density at radius 1 is 1.21 bits per heavy atom. The summed E-state index contributed by atoms with van der Waals surface area (Å²) in [5, 5.41) is 2.42. The topological polar surface area (TPSA) is 116 Å². The van der Waals surface area contributed by atoms with Crippen molar-refractivity contribution in [2.75, 3.05) is 7.11 Å². The molecule has 0 heterocycles. The van der Waals surface area contributed by atoms with Gasteiger partial charge in [0.05, 0.1) is 25.5 Å². The number of ketones is 1. The monoisotopic (exact) mass is 272 g/mol. The smallest absolute Gasteiger partial charge is 0.308 e. The minimum atomic E-state index is -0.989. The van der Waals surface area contributed by atoms with E-state index in [2.05, 4.69) is 10.1 Å². The van der Waals surface area contributed by atoms with Gasteiger partial charge >= 0.3 is 5.97 Å². The Hall–Kier alpha value is -1.92. The summed E-state index contributed by atoms with van der Waals surface area (Å²) in [6.07, 6.45) is -0.206. The van der Waals surface area contributed by atoms with Crippen molar-refractivity contribution in [3.8, 4) is 0 Å². The van der Waals surface area contributed by atoms with Crippen molar-refractivity contribution in [2.24, 2.45) is 11.7 Å². The van der Waals surface area contributed by atoms with Crippen LogP contribution in [0.1, 0.15) is 33.1 Å². The molecular formula is C12H20N2O5. The van der Waals surface area contributed by atoms with Gasteiger partial charge in [0.1, 0.15) is 0 Å². The van der Waals surface area contributed by atoms with Gasteiger partial charge in [0, 0.05) is 12.8 Å². The second kappa shape index (κ2) is 8.23. The fourth-order valence-electron chi connectivity index (χ4n) is 1.47. The third-order valence-electron chi connectivity index (χ3n) is 2.56. The van der Waals surface area contributed by atoms with E-state index in [-0.39, 0.29) is 25.2 Å². The molecule has 2 amide bonds. The molecule has 0 saturated carbocycles. The maximum absolute atomic E-state index is 11.9. The number of esters is 1. The van der Waals surface area contributed by atoms with Gasteiger partial charge in [0.2, 0.25) is 11.8 Å². The number of amides is 2. The van der Waals surface area contributed by atoms with Gasteiger partial charge in [-0.1, -0.05) is 13.8 Å². The van der Waals surface area contributed by atoms with Crippen LogP contribution in [0.2, 0.25) is 0 Å². The zero-order valence-electron chi connectivity index (χ0n) is 11.4. The lowest BCUT2D eigenvalue weighted by atomic mass is 9.98. The highest BCUT2D eigenvalue weighted by Gasteiger charge is 2.26. The first-order chi connectivity index (χ1) is 8.81. The van der Waals surface area contributed by atoms with Crippen LogP contribution >= 0.6 is 0 Å². The number of nitrogens with one attached hydrogen (secondary N) is 1. The van der Waals surface area contributed by atoms with Crippen LogP contribution in [-0.2, 0) is 23.9 Å². The molecule has 7 heteroatoms. The van der Waals surface area contributed by atoms with Crippen molar-refractivity contribution >= 4 is 23.6 Å². The minimum Gasteiger partial charge on any atom is -0.469 e. The van der Waals surface area contributed by atoms with Gasteiger partial charge < -0.3 is 15.8 Å². The molecule has 0 aromatic carbocycles. The minimum absolute atomic E-state index is 0.116. The quantitative estimate of drug-likeness (QED) is 0.579. The Morgan fingerprint density at radius 3 is 2.21 bits per heavy atom. The number of methoxy groups -OCH3 is 1. The fraction of sp³-hybridized carbons (Fsp3) is 0.667. The molecule has 7 nitrogen and oxygen atoms in total. The van der Waals surface area contributed by atoms with Gasteiger partial charge in [-0.05, 0) is 0 Å². The number of rotatable bonds is 8. The highest BCUT2D eigenvalue weighted by atomic mass is 16.5. The highest BCUT2D eigenvalue weighted by molar-refractivity contribution is 5.94. The molecule has 0 aliphatic heterocycles. The summed E-state index contributed by atoms with van der Waals surface area (Å²) in [6.45, 7) is 3.16. The molecule has 0 aliphatic rings. The maximum atomic E-state index is 11.9. The standard InChI is InChI=1S/C12H20N2O5/c1-4-11(17)14-8(6-10(13)16)9(15)5-7(2)12(18)19-3/h7-8H,4-6H2,1-3H3,(H2,13,16)(H,14,17)/t7-,8-/m1/s1. The molecule has 0 spiro atoms. The molecule has 0 aromatic rings. The van der Waals surface area contributed by atoms with Crippen LogP contribution in [0.4, 0.5) is 0 Å². The van der Waals surface area contributed by atoms with Crippen LogP contribution < -0.4 is 11.1 Å². The number of carbonyl (C=O) groups excluding carboxylic acids is 4. The fourth-order valence-corrected chi connectivity index (χ4v) is 1.47. The molecule has 0 bridgehead atoms. The summed E-state index contributed by atoms with van der Waals surface area (Å²) in [5.41, 5.74) is 5.03. The van der Waals surface area contributed by atoms with Gasteiger partial charge in [-0.15, -0.1) is 0 Å². The van der Waals surface area contributed by atoms with Crippen LogP contribution in [0.3, 0.4) is 0 Å². The molecular weight excluding hydrogens is 252 g/mol.